The summed E-state index contributed by atoms with van der Waals surface area (Å²) >= 11 is 2.04. The lowest BCUT2D eigenvalue weighted by molar-refractivity contribution is -0.154. The minimum Gasteiger partial charge on any atom is -0.461 e. The highest BCUT2D eigenvalue weighted by molar-refractivity contribution is 8.01. The average Bonchev–Trinajstić information content (AvgIpc) is 2.98. The number of esters is 1. The normalized spacial score (nSPS) is 44.7. The van der Waals surface area contributed by atoms with Crippen LogP contribution in [-0.4, -0.2) is 35.8 Å². The van der Waals surface area contributed by atoms with E-state index in [9.17, 15) is 4.79 Å². The minimum absolute atomic E-state index is 0.0129. The maximum absolute atomic E-state index is 11.8. The third-order valence-corrected chi connectivity index (χ3v) is 6.37. The molecule has 3 nitrogen and oxygen atoms in total. The number of ether oxygens (including phenoxy) is 2. The zero-order valence-corrected chi connectivity index (χ0v) is 11.2. The monoisotopic (exact) mass is 256 g/mol. The summed E-state index contributed by atoms with van der Waals surface area (Å²) in [5.41, 5.74) is 0. The van der Waals surface area contributed by atoms with Gasteiger partial charge >= 0.3 is 5.97 Å². The van der Waals surface area contributed by atoms with E-state index in [4.69, 9.17) is 9.47 Å². The summed E-state index contributed by atoms with van der Waals surface area (Å²) in [5, 5.41) is 1.17. The van der Waals surface area contributed by atoms with Crippen LogP contribution in [0.1, 0.15) is 26.7 Å². The van der Waals surface area contributed by atoms with Crippen LogP contribution in [-0.2, 0) is 14.3 Å². The van der Waals surface area contributed by atoms with Gasteiger partial charge in [0, 0.05) is 22.3 Å². The highest BCUT2D eigenvalue weighted by Crippen LogP contribution is 2.56. The Bertz CT molecular complexity index is 320. The summed E-state index contributed by atoms with van der Waals surface area (Å²) in [6, 6.07) is 0. The van der Waals surface area contributed by atoms with Crippen molar-refractivity contribution in [1.82, 2.24) is 0 Å². The second-order valence-corrected chi connectivity index (χ2v) is 6.95. The molecule has 3 fully saturated rings. The van der Waals surface area contributed by atoms with Crippen LogP contribution in [0.2, 0.25) is 0 Å². The Hall–Kier alpha value is -0.220. The van der Waals surface area contributed by atoms with Crippen LogP contribution in [0.25, 0.3) is 0 Å². The van der Waals surface area contributed by atoms with Crippen molar-refractivity contribution in [2.24, 2.45) is 17.8 Å². The molecule has 0 radical (unpaired) electrons. The number of hydrogen-bond donors (Lipinski definition) is 0. The molecule has 3 saturated heterocycles. The van der Waals surface area contributed by atoms with Crippen molar-refractivity contribution < 1.29 is 14.3 Å². The molecule has 3 aliphatic heterocycles. The number of fused-ring (bicyclic) bond motifs is 5. The molecule has 0 aliphatic carbocycles. The van der Waals surface area contributed by atoms with E-state index < -0.39 is 0 Å². The highest BCUT2D eigenvalue weighted by Gasteiger charge is 2.56. The first-order valence-corrected chi connectivity index (χ1v) is 7.58. The SMILES string of the molecule is CCC(C)C(=O)OC1CC2SC1C1COCC21. The molecule has 0 aromatic carbocycles. The van der Waals surface area contributed by atoms with Gasteiger partial charge in [0.1, 0.15) is 6.10 Å². The van der Waals surface area contributed by atoms with Crippen LogP contribution < -0.4 is 0 Å². The smallest absolute Gasteiger partial charge is 0.308 e. The molecule has 2 bridgehead atoms. The van der Waals surface area contributed by atoms with E-state index in [1.54, 1.807) is 0 Å². The molecule has 0 spiro atoms. The topological polar surface area (TPSA) is 35.5 Å². The first kappa shape index (κ1) is 11.8. The maximum Gasteiger partial charge on any atom is 0.308 e. The van der Waals surface area contributed by atoms with Crippen molar-refractivity contribution in [3.05, 3.63) is 0 Å². The van der Waals surface area contributed by atoms with Crippen molar-refractivity contribution >= 4 is 17.7 Å². The molecule has 6 atom stereocenters. The van der Waals surface area contributed by atoms with Crippen LogP contribution in [0.15, 0.2) is 0 Å². The van der Waals surface area contributed by atoms with Crippen LogP contribution in [0, 0.1) is 17.8 Å². The summed E-state index contributed by atoms with van der Waals surface area (Å²) in [6.07, 6.45) is 2.05. The Balaban J connectivity index is 1.62. The van der Waals surface area contributed by atoms with Gasteiger partial charge in [0.25, 0.3) is 0 Å². The average molecular weight is 256 g/mol. The first-order valence-electron chi connectivity index (χ1n) is 6.64. The minimum atomic E-state index is -0.0129. The predicted octanol–water partition coefficient (Wildman–Crippen LogP) is 2.09. The van der Waals surface area contributed by atoms with Gasteiger partial charge in [-0.3, -0.25) is 4.79 Å². The van der Waals surface area contributed by atoms with E-state index >= 15 is 0 Å². The van der Waals surface area contributed by atoms with Gasteiger partial charge in [0.05, 0.1) is 19.1 Å². The van der Waals surface area contributed by atoms with Gasteiger partial charge in [-0.2, -0.15) is 11.8 Å². The van der Waals surface area contributed by atoms with E-state index in [-0.39, 0.29) is 18.0 Å². The molecule has 3 heterocycles. The Morgan fingerprint density at radius 1 is 1.47 bits per heavy atom. The molecule has 17 heavy (non-hydrogen) atoms. The maximum atomic E-state index is 11.8. The first-order chi connectivity index (χ1) is 8.20. The molecule has 0 saturated carbocycles. The zero-order valence-electron chi connectivity index (χ0n) is 10.4. The molecule has 0 N–H and O–H groups in total. The van der Waals surface area contributed by atoms with E-state index in [0.717, 1.165) is 32.0 Å². The van der Waals surface area contributed by atoms with Crippen LogP contribution in [0.4, 0.5) is 0 Å². The number of rotatable bonds is 3. The van der Waals surface area contributed by atoms with Crippen molar-refractivity contribution in [3.63, 3.8) is 0 Å². The Labute approximate surface area is 107 Å². The molecule has 6 unspecified atom stereocenters. The third-order valence-electron chi connectivity index (χ3n) is 4.52. The van der Waals surface area contributed by atoms with E-state index in [0.29, 0.717) is 16.4 Å². The van der Waals surface area contributed by atoms with Crippen molar-refractivity contribution in [3.8, 4) is 0 Å². The lowest BCUT2D eigenvalue weighted by atomic mass is 9.80. The fourth-order valence-electron chi connectivity index (χ4n) is 3.22. The Morgan fingerprint density at radius 3 is 3.00 bits per heavy atom. The number of carbonyl (C=O) groups is 1. The molecule has 3 aliphatic rings. The van der Waals surface area contributed by atoms with Gasteiger partial charge in [-0.05, 0) is 12.8 Å². The lowest BCUT2D eigenvalue weighted by Crippen LogP contribution is -2.39. The van der Waals surface area contributed by atoms with E-state index in [2.05, 4.69) is 0 Å². The molecular weight excluding hydrogens is 236 g/mol. The zero-order chi connectivity index (χ0) is 12.0. The molecule has 0 aromatic rings. The Morgan fingerprint density at radius 2 is 2.24 bits per heavy atom. The van der Waals surface area contributed by atoms with Crippen molar-refractivity contribution in [1.29, 1.82) is 0 Å². The van der Waals surface area contributed by atoms with Crippen molar-refractivity contribution in [2.45, 2.75) is 43.3 Å². The largest absolute Gasteiger partial charge is 0.461 e. The van der Waals surface area contributed by atoms with E-state index in [1.807, 2.05) is 25.6 Å². The Kier molecular flexibility index (Phi) is 3.11. The van der Waals surface area contributed by atoms with Crippen molar-refractivity contribution in [2.75, 3.05) is 13.2 Å². The van der Waals surface area contributed by atoms with Gasteiger partial charge in [-0.15, -0.1) is 0 Å². The van der Waals surface area contributed by atoms with Gasteiger partial charge in [0.2, 0.25) is 0 Å². The summed E-state index contributed by atoms with van der Waals surface area (Å²) in [6.45, 7) is 5.77. The quantitative estimate of drug-likeness (QED) is 0.724. The van der Waals surface area contributed by atoms with Gasteiger partial charge in [-0.25, -0.2) is 0 Å². The fourth-order valence-corrected chi connectivity index (χ4v) is 5.23. The predicted molar refractivity (Wildman–Crippen MR) is 66.9 cm³/mol. The second kappa shape index (κ2) is 4.47. The van der Waals surface area contributed by atoms with Crippen LogP contribution in [0.5, 0.6) is 0 Å². The highest BCUT2D eigenvalue weighted by atomic mass is 32.2. The molecule has 3 rings (SSSR count). The number of carbonyl (C=O) groups excluding carboxylic acids is 1. The fraction of sp³-hybridized carbons (Fsp3) is 0.923. The molecule has 0 aromatic heterocycles. The van der Waals surface area contributed by atoms with Crippen LogP contribution >= 0.6 is 11.8 Å². The summed E-state index contributed by atoms with van der Waals surface area (Å²) < 4.78 is 11.3. The molecule has 0 amide bonds. The van der Waals surface area contributed by atoms with Gasteiger partial charge in [-0.1, -0.05) is 13.8 Å². The second-order valence-electron chi connectivity index (χ2n) is 5.52. The summed E-state index contributed by atoms with van der Waals surface area (Å²) in [5.74, 6) is 1.38. The van der Waals surface area contributed by atoms with Crippen LogP contribution in [0.3, 0.4) is 0 Å². The van der Waals surface area contributed by atoms with E-state index in [1.165, 1.54) is 0 Å². The standard InChI is InChI=1S/C13H20O3S/c1-3-7(2)13(14)16-10-4-11-8-5-15-6-9(8)12(10)17-11/h7-12H,3-6H2,1-2H3. The van der Waals surface area contributed by atoms with Gasteiger partial charge < -0.3 is 9.47 Å². The summed E-state index contributed by atoms with van der Waals surface area (Å²) in [4.78, 5) is 11.8. The number of thioether (sulfide) groups is 1. The van der Waals surface area contributed by atoms with Gasteiger partial charge in [0.15, 0.2) is 0 Å². The summed E-state index contributed by atoms with van der Waals surface area (Å²) in [7, 11) is 0. The third kappa shape index (κ3) is 1.89. The molecule has 4 heteroatoms. The number of hydrogen-bond acceptors (Lipinski definition) is 4. The molecular formula is C13H20O3S. The molecule has 96 valence electrons. The lowest BCUT2D eigenvalue weighted by Gasteiger charge is -2.29.